The number of hydrogen-bond acceptors (Lipinski definition) is 3. The molecule has 130 valence electrons. The molecule has 0 bridgehead atoms. The second-order valence-electron chi connectivity index (χ2n) is 6.00. The first-order valence-electron chi connectivity index (χ1n) is 8.40. The molecule has 0 fully saturated rings. The Bertz CT molecular complexity index is 899. The third kappa shape index (κ3) is 3.67. The number of rotatable bonds is 7. The van der Waals surface area contributed by atoms with Crippen molar-refractivity contribution >= 4 is 16.9 Å². The average Bonchev–Trinajstić information content (AvgIpc) is 3.02. The Morgan fingerprint density at radius 2 is 2.04 bits per heavy atom. The van der Waals surface area contributed by atoms with Gasteiger partial charge in [0.25, 0.3) is 0 Å². The van der Waals surface area contributed by atoms with Gasteiger partial charge in [0.1, 0.15) is 12.4 Å². The maximum atomic E-state index is 11.2. The van der Waals surface area contributed by atoms with Crippen molar-refractivity contribution in [3.63, 3.8) is 0 Å². The monoisotopic (exact) mass is 338 g/mol. The van der Waals surface area contributed by atoms with E-state index in [1.807, 2.05) is 37.4 Å². The molecule has 5 heteroatoms. The number of aromatic nitrogens is 1. The number of nitrogens with one attached hydrogen (secondary N) is 1. The first-order chi connectivity index (χ1) is 12.1. The highest BCUT2D eigenvalue weighted by molar-refractivity contribution is 5.89. The van der Waals surface area contributed by atoms with Crippen molar-refractivity contribution < 1.29 is 14.6 Å². The van der Waals surface area contributed by atoms with Crippen LogP contribution in [0.25, 0.3) is 10.9 Å². The molecule has 3 rings (SSSR count). The van der Waals surface area contributed by atoms with Crippen molar-refractivity contribution in [2.45, 2.75) is 26.4 Å². The maximum absolute atomic E-state index is 11.2. The van der Waals surface area contributed by atoms with Crippen molar-refractivity contribution in [2.75, 3.05) is 6.54 Å². The molecule has 0 saturated heterocycles. The highest BCUT2D eigenvalue weighted by Crippen LogP contribution is 2.25. The van der Waals surface area contributed by atoms with Crippen LogP contribution in [-0.2, 0) is 19.4 Å². The minimum atomic E-state index is -0.894. The number of benzene rings is 2. The normalized spacial score (nSPS) is 11.0. The van der Waals surface area contributed by atoms with Crippen molar-refractivity contribution in [2.24, 2.45) is 5.73 Å². The fourth-order valence-electron chi connectivity index (χ4n) is 3.01. The SMILES string of the molecule is CCc1cc(COc2ccc3[nH]cc(CCN)c3c2)ccc1C(=O)O. The third-order valence-corrected chi connectivity index (χ3v) is 4.34. The smallest absolute Gasteiger partial charge is 0.335 e. The van der Waals surface area contributed by atoms with E-state index in [0.717, 1.165) is 34.2 Å². The molecule has 25 heavy (non-hydrogen) atoms. The van der Waals surface area contributed by atoms with E-state index in [9.17, 15) is 9.90 Å². The van der Waals surface area contributed by atoms with Gasteiger partial charge in [0.2, 0.25) is 0 Å². The Labute approximate surface area is 146 Å². The van der Waals surface area contributed by atoms with Gasteiger partial charge in [0.05, 0.1) is 5.56 Å². The van der Waals surface area contributed by atoms with E-state index >= 15 is 0 Å². The summed E-state index contributed by atoms with van der Waals surface area (Å²) in [7, 11) is 0. The molecule has 4 N–H and O–H groups in total. The fraction of sp³-hybridized carbons (Fsp3) is 0.250. The van der Waals surface area contributed by atoms with Gasteiger partial charge in [-0.1, -0.05) is 19.1 Å². The lowest BCUT2D eigenvalue weighted by atomic mass is 10.0. The Kier molecular flexibility index (Phi) is 5.05. The number of hydrogen-bond donors (Lipinski definition) is 3. The van der Waals surface area contributed by atoms with Crippen LogP contribution >= 0.6 is 0 Å². The largest absolute Gasteiger partial charge is 0.489 e. The van der Waals surface area contributed by atoms with Crippen LogP contribution in [0.15, 0.2) is 42.6 Å². The zero-order chi connectivity index (χ0) is 17.8. The molecule has 0 unspecified atom stereocenters. The molecule has 0 aliphatic rings. The summed E-state index contributed by atoms with van der Waals surface area (Å²) in [6, 6.07) is 11.3. The minimum absolute atomic E-state index is 0.353. The van der Waals surface area contributed by atoms with Gasteiger partial charge in [-0.05, 0) is 60.3 Å². The van der Waals surface area contributed by atoms with Crippen molar-refractivity contribution in [3.05, 3.63) is 64.8 Å². The number of aryl methyl sites for hydroxylation is 1. The summed E-state index contributed by atoms with van der Waals surface area (Å²) >= 11 is 0. The lowest BCUT2D eigenvalue weighted by Gasteiger charge is -2.10. The first kappa shape index (κ1) is 17.0. The molecular formula is C20H22N2O3. The van der Waals surface area contributed by atoms with Crippen LogP contribution in [0.4, 0.5) is 0 Å². The summed E-state index contributed by atoms with van der Waals surface area (Å²) in [6.07, 6.45) is 3.48. The lowest BCUT2D eigenvalue weighted by molar-refractivity contribution is 0.0695. The van der Waals surface area contributed by atoms with Gasteiger partial charge in [-0.2, -0.15) is 0 Å². The fourth-order valence-corrected chi connectivity index (χ4v) is 3.01. The van der Waals surface area contributed by atoms with Crippen LogP contribution in [0.5, 0.6) is 5.75 Å². The van der Waals surface area contributed by atoms with E-state index in [2.05, 4.69) is 4.98 Å². The number of fused-ring (bicyclic) bond motifs is 1. The van der Waals surface area contributed by atoms with Crippen LogP contribution < -0.4 is 10.5 Å². The number of H-pyrrole nitrogens is 1. The van der Waals surface area contributed by atoms with E-state index in [1.165, 1.54) is 5.56 Å². The molecule has 0 saturated carbocycles. The summed E-state index contributed by atoms with van der Waals surface area (Å²) in [5, 5.41) is 10.3. The molecular weight excluding hydrogens is 316 g/mol. The van der Waals surface area contributed by atoms with Crippen molar-refractivity contribution in [3.8, 4) is 5.75 Å². The predicted octanol–water partition coefficient (Wildman–Crippen LogP) is 3.51. The van der Waals surface area contributed by atoms with Gasteiger partial charge in [0.15, 0.2) is 0 Å². The second-order valence-corrected chi connectivity index (χ2v) is 6.00. The highest BCUT2D eigenvalue weighted by Gasteiger charge is 2.10. The van der Waals surface area contributed by atoms with E-state index in [1.54, 1.807) is 12.1 Å². The molecule has 0 radical (unpaired) electrons. The van der Waals surface area contributed by atoms with Crippen LogP contribution in [0.1, 0.15) is 34.0 Å². The second kappa shape index (κ2) is 7.40. The summed E-state index contributed by atoms with van der Waals surface area (Å²) in [5.41, 5.74) is 10.0. The Balaban J connectivity index is 1.78. The van der Waals surface area contributed by atoms with E-state index in [-0.39, 0.29) is 0 Å². The van der Waals surface area contributed by atoms with Gasteiger partial charge < -0.3 is 20.6 Å². The van der Waals surface area contributed by atoms with Gasteiger partial charge in [0, 0.05) is 17.1 Å². The molecule has 3 aromatic rings. The number of carboxylic acid groups (broad SMARTS) is 1. The molecule has 1 aromatic heterocycles. The Hall–Kier alpha value is -2.79. The van der Waals surface area contributed by atoms with Gasteiger partial charge in [-0.3, -0.25) is 0 Å². The number of carbonyl (C=O) groups is 1. The van der Waals surface area contributed by atoms with Crippen LogP contribution in [0, 0.1) is 0 Å². The Morgan fingerprint density at radius 1 is 1.20 bits per heavy atom. The van der Waals surface area contributed by atoms with Crippen LogP contribution in [0.3, 0.4) is 0 Å². The maximum Gasteiger partial charge on any atom is 0.335 e. The van der Waals surface area contributed by atoms with E-state index < -0.39 is 5.97 Å². The molecule has 5 nitrogen and oxygen atoms in total. The number of aromatic amines is 1. The number of nitrogens with two attached hydrogens (primary N) is 1. The first-order valence-corrected chi connectivity index (χ1v) is 8.40. The van der Waals surface area contributed by atoms with Crippen molar-refractivity contribution in [1.82, 2.24) is 4.98 Å². The van der Waals surface area contributed by atoms with E-state index in [0.29, 0.717) is 25.1 Å². The predicted molar refractivity (Wildman–Crippen MR) is 98.2 cm³/mol. The highest BCUT2D eigenvalue weighted by atomic mass is 16.5. The summed E-state index contributed by atoms with van der Waals surface area (Å²) in [5.74, 6) is -0.111. The van der Waals surface area contributed by atoms with E-state index in [4.69, 9.17) is 10.5 Å². The molecule has 2 aromatic carbocycles. The summed E-state index contributed by atoms with van der Waals surface area (Å²) in [4.78, 5) is 14.5. The summed E-state index contributed by atoms with van der Waals surface area (Å²) < 4.78 is 5.91. The molecule has 0 atom stereocenters. The molecule has 0 spiro atoms. The zero-order valence-corrected chi connectivity index (χ0v) is 14.2. The van der Waals surface area contributed by atoms with Gasteiger partial charge in [-0.25, -0.2) is 4.79 Å². The number of carboxylic acids is 1. The molecule has 0 aliphatic carbocycles. The minimum Gasteiger partial charge on any atom is -0.489 e. The summed E-state index contributed by atoms with van der Waals surface area (Å²) in [6.45, 7) is 2.95. The van der Waals surface area contributed by atoms with Crippen molar-refractivity contribution in [1.29, 1.82) is 0 Å². The topological polar surface area (TPSA) is 88.3 Å². The lowest BCUT2D eigenvalue weighted by Crippen LogP contribution is -2.04. The molecule has 1 heterocycles. The van der Waals surface area contributed by atoms with Gasteiger partial charge >= 0.3 is 5.97 Å². The third-order valence-electron chi connectivity index (χ3n) is 4.34. The quantitative estimate of drug-likeness (QED) is 0.615. The standard InChI is InChI=1S/C20H22N2O3/c1-2-14-9-13(3-5-17(14)20(23)24)12-25-16-4-6-19-18(10-16)15(7-8-21)11-22-19/h3-6,9-11,22H,2,7-8,12,21H2,1H3,(H,23,24). The van der Waals surface area contributed by atoms with Crippen LogP contribution in [-0.4, -0.2) is 22.6 Å². The molecule has 0 amide bonds. The zero-order valence-electron chi connectivity index (χ0n) is 14.2. The molecule has 0 aliphatic heterocycles. The van der Waals surface area contributed by atoms with Gasteiger partial charge in [-0.15, -0.1) is 0 Å². The van der Waals surface area contributed by atoms with Crippen LogP contribution in [0.2, 0.25) is 0 Å². The average molecular weight is 338 g/mol. The Morgan fingerprint density at radius 3 is 2.76 bits per heavy atom. The number of aromatic carboxylic acids is 1. The number of ether oxygens (including phenoxy) is 1.